The van der Waals surface area contributed by atoms with E-state index in [2.05, 4.69) is 54.8 Å². The molecule has 20 heavy (non-hydrogen) atoms. The number of ether oxygens (including phenoxy) is 1. The largest absolute Gasteiger partial charge is 0.372 e. The van der Waals surface area contributed by atoms with E-state index in [9.17, 15) is 0 Å². The number of aromatic nitrogens is 2. The van der Waals surface area contributed by atoms with Gasteiger partial charge in [0.15, 0.2) is 0 Å². The summed E-state index contributed by atoms with van der Waals surface area (Å²) in [5.74, 6) is 0.792. The first-order valence-corrected chi connectivity index (χ1v) is 7.20. The maximum absolute atomic E-state index is 5.71. The number of morpholine rings is 1. The van der Waals surface area contributed by atoms with Gasteiger partial charge in [-0.3, -0.25) is 0 Å². The van der Waals surface area contributed by atoms with Crippen molar-refractivity contribution in [1.29, 1.82) is 0 Å². The summed E-state index contributed by atoms with van der Waals surface area (Å²) < 4.78 is 5.71. The molecule has 0 unspecified atom stereocenters. The van der Waals surface area contributed by atoms with Gasteiger partial charge in [0, 0.05) is 43.1 Å². The van der Waals surface area contributed by atoms with E-state index < -0.39 is 0 Å². The number of nitrogens with one attached hydrogen (secondary N) is 1. The Labute approximate surface area is 121 Å². The van der Waals surface area contributed by atoms with Crippen molar-refractivity contribution in [1.82, 2.24) is 15.3 Å². The second-order valence-electron chi connectivity index (χ2n) is 7.02. The lowest BCUT2D eigenvalue weighted by atomic mass is 10.1. The van der Waals surface area contributed by atoms with Gasteiger partial charge in [-0.05, 0) is 34.6 Å². The lowest BCUT2D eigenvalue weighted by molar-refractivity contribution is -0.0281. The minimum Gasteiger partial charge on any atom is -0.372 e. The maximum atomic E-state index is 5.71. The third kappa shape index (κ3) is 4.42. The smallest absolute Gasteiger partial charge is 0.225 e. The van der Waals surface area contributed by atoms with Gasteiger partial charge >= 0.3 is 0 Å². The van der Waals surface area contributed by atoms with Gasteiger partial charge in [-0.1, -0.05) is 0 Å². The molecule has 2 rings (SSSR count). The maximum Gasteiger partial charge on any atom is 0.225 e. The normalized spacial score (nSPS) is 19.1. The van der Waals surface area contributed by atoms with Crippen LogP contribution in [0.2, 0.25) is 0 Å². The number of hydrogen-bond acceptors (Lipinski definition) is 5. The summed E-state index contributed by atoms with van der Waals surface area (Å²) in [6.07, 6.45) is 3.81. The molecule has 0 saturated carbocycles. The van der Waals surface area contributed by atoms with Crippen LogP contribution in [0.4, 0.5) is 5.95 Å². The first-order chi connectivity index (χ1) is 9.25. The van der Waals surface area contributed by atoms with Gasteiger partial charge in [0.1, 0.15) is 0 Å². The molecule has 0 aliphatic carbocycles. The van der Waals surface area contributed by atoms with Crippen molar-refractivity contribution in [2.24, 2.45) is 0 Å². The molecule has 0 atom stereocenters. The molecule has 0 aromatic carbocycles. The monoisotopic (exact) mass is 278 g/mol. The molecule has 1 N–H and O–H groups in total. The summed E-state index contributed by atoms with van der Waals surface area (Å²) in [6.45, 7) is 13.8. The van der Waals surface area contributed by atoms with E-state index in [1.54, 1.807) is 0 Å². The van der Waals surface area contributed by atoms with Crippen LogP contribution in [0.5, 0.6) is 0 Å². The van der Waals surface area contributed by atoms with Crippen LogP contribution in [-0.4, -0.2) is 40.8 Å². The van der Waals surface area contributed by atoms with Crippen LogP contribution in [0.25, 0.3) is 0 Å². The molecule has 0 bridgehead atoms. The van der Waals surface area contributed by atoms with Crippen molar-refractivity contribution in [3.63, 3.8) is 0 Å². The molecule has 2 heterocycles. The molecule has 1 aliphatic rings. The Bertz CT molecular complexity index is 436. The molecular formula is C15H26N4O. The second kappa shape index (κ2) is 5.66. The van der Waals surface area contributed by atoms with Gasteiger partial charge in [-0.2, -0.15) is 0 Å². The molecular weight excluding hydrogens is 252 g/mol. The van der Waals surface area contributed by atoms with E-state index in [-0.39, 0.29) is 11.1 Å². The molecule has 1 aromatic rings. The molecule has 1 aromatic heterocycles. The lowest BCUT2D eigenvalue weighted by Crippen LogP contribution is -2.49. The van der Waals surface area contributed by atoms with Crippen molar-refractivity contribution >= 4 is 5.95 Å². The quantitative estimate of drug-likeness (QED) is 0.916. The van der Waals surface area contributed by atoms with Crippen LogP contribution in [0.3, 0.4) is 0 Å². The summed E-state index contributed by atoms with van der Waals surface area (Å²) in [7, 11) is 0. The standard InChI is InChI=1S/C15H26N4O/c1-14(2,3)18-10-12-8-16-13(17-9-12)19-6-7-20-15(4,5)11-19/h8-9,18H,6-7,10-11H2,1-5H3. The van der Waals surface area contributed by atoms with Gasteiger partial charge in [-0.25, -0.2) is 9.97 Å². The molecule has 5 nitrogen and oxygen atoms in total. The highest BCUT2D eigenvalue weighted by Gasteiger charge is 2.28. The topological polar surface area (TPSA) is 50.3 Å². The molecule has 1 aliphatic heterocycles. The Kier molecular flexibility index (Phi) is 4.30. The van der Waals surface area contributed by atoms with E-state index in [0.717, 1.165) is 37.8 Å². The van der Waals surface area contributed by atoms with Crippen molar-refractivity contribution in [2.45, 2.75) is 52.3 Å². The summed E-state index contributed by atoms with van der Waals surface area (Å²) in [5, 5.41) is 3.44. The molecule has 5 heteroatoms. The molecule has 0 radical (unpaired) electrons. The number of hydrogen-bond donors (Lipinski definition) is 1. The highest BCUT2D eigenvalue weighted by atomic mass is 16.5. The third-order valence-corrected chi connectivity index (χ3v) is 3.22. The predicted octanol–water partition coefficient (Wildman–Crippen LogP) is 1.98. The fraction of sp³-hybridized carbons (Fsp3) is 0.733. The Hall–Kier alpha value is -1.20. The van der Waals surface area contributed by atoms with Gasteiger partial charge in [0.25, 0.3) is 0 Å². The predicted molar refractivity (Wildman–Crippen MR) is 80.9 cm³/mol. The highest BCUT2D eigenvalue weighted by Crippen LogP contribution is 2.19. The van der Waals surface area contributed by atoms with E-state index in [0.29, 0.717) is 0 Å². The average molecular weight is 278 g/mol. The van der Waals surface area contributed by atoms with Crippen molar-refractivity contribution < 1.29 is 4.74 Å². The zero-order chi connectivity index (χ0) is 14.8. The van der Waals surface area contributed by atoms with Crippen LogP contribution in [0.15, 0.2) is 12.4 Å². The minimum atomic E-state index is -0.131. The average Bonchev–Trinajstić information content (AvgIpc) is 2.35. The lowest BCUT2D eigenvalue weighted by Gasteiger charge is -2.38. The minimum absolute atomic E-state index is 0.104. The van der Waals surface area contributed by atoms with Gasteiger partial charge in [0.2, 0.25) is 5.95 Å². The van der Waals surface area contributed by atoms with E-state index in [4.69, 9.17) is 4.74 Å². The number of nitrogens with zero attached hydrogens (tertiary/aromatic N) is 3. The molecule has 0 amide bonds. The number of anilines is 1. The van der Waals surface area contributed by atoms with Gasteiger partial charge in [-0.15, -0.1) is 0 Å². The van der Waals surface area contributed by atoms with E-state index >= 15 is 0 Å². The zero-order valence-corrected chi connectivity index (χ0v) is 13.2. The van der Waals surface area contributed by atoms with Crippen LogP contribution in [-0.2, 0) is 11.3 Å². The van der Waals surface area contributed by atoms with Crippen LogP contribution < -0.4 is 10.2 Å². The van der Waals surface area contributed by atoms with Crippen LogP contribution >= 0.6 is 0 Å². The SMILES string of the molecule is CC(C)(C)NCc1cnc(N2CCOC(C)(C)C2)nc1. The Morgan fingerprint density at radius 1 is 1.30 bits per heavy atom. The van der Waals surface area contributed by atoms with Gasteiger partial charge in [0.05, 0.1) is 12.2 Å². The first kappa shape index (κ1) is 15.2. The fourth-order valence-electron chi connectivity index (χ4n) is 2.16. The Morgan fingerprint density at radius 3 is 2.50 bits per heavy atom. The summed E-state index contributed by atoms with van der Waals surface area (Å²) in [5.41, 5.74) is 1.08. The summed E-state index contributed by atoms with van der Waals surface area (Å²) in [6, 6.07) is 0. The van der Waals surface area contributed by atoms with E-state index in [1.807, 2.05) is 12.4 Å². The second-order valence-corrected chi connectivity index (χ2v) is 7.02. The Morgan fingerprint density at radius 2 is 1.95 bits per heavy atom. The van der Waals surface area contributed by atoms with Crippen LogP contribution in [0.1, 0.15) is 40.2 Å². The zero-order valence-electron chi connectivity index (χ0n) is 13.2. The first-order valence-electron chi connectivity index (χ1n) is 7.20. The summed E-state index contributed by atoms with van der Waals surface area (Å²) >= 11 is 0. The Balaban J connectivity index is 1.97. The van der Waals surface area contributed by atoms with Gasteiger partial charge < -0.3 is 15.0 Å². The van der Waals surface area contributed by atoms with Crippen LogP contribution in [0, 0.1) is 0 Å². The third-order valence-electron chi connectivity index (χ3n) is 3.22. The molecule has 1 fully saturated rings. The highest BCUT2D eigenvalue weighted by molar-refractivity contribution is 5.31. The number of rotatable bonds is 3. The van der Waals surface area contributed by atoms with E-state index in [1.165, 1.54) is 0 Å². The van der Waals surface area contributed by atoms with Crippen molar-refractivity contribution in [3.05, 3.63) is 18.0 Å². The summed E-state index contributed by atoms with van der Waals surface area (Å²) in [4.78, 5) is 11.2. The molecule has 1 saturated heterocycles. The molecule has 0 spiro atoms. The van der Waals surface area contributed by atoms with Crippen molar-refractivity contribution in [3.8, 4) is 0 Å². The van der Waals surface area contributed by atoms with Crippen molar-refractivity contribution in [2.75, 3.05) is 24.6 Å². The fourth-order valence-corrected chi connectivity index (χ4v) is 2.16. The molecule has 112 valence electrons.